The van der Waals surface area contributed by atoms with Gasteiger partial charge in [-0.2, -0.15) is 0 Å². The Morgan fingerprint density at radius 3 is 2.63 bits per heavy atom. The maximum Gasteiger partial charge on any atom is 0.223 e. The molecule has 1 saturated heterocycles. The summed E-state index contributed by atoms with van der Waals surface area (Å²) in [7, 11) is 0. The topological polar surface area (TPSA) is 32.3 Å². The Labute approximate surface area is 114 Å². The number of nitrogens with one attached hydrogen (secondary N) is 1. The van der Waals surface area contributed by atoms with Crippen LogP contribution in [-0.2, 0) is 4.79 Å². The summed E-state index contributed by atoms with van der Waals surface area (Å²) in [6.07, 6.45) is 3.88. The molecule has 19 heavy (non-hydrogen) atoms. The Hall–Kier alpha value is -1.61. The smallest absolute Gasteiger partial charge is 0.223 e. The lowest BCUT2D eigenvalue weighted by molar-refractivity contribution is -0.132. The molecule has 0 radical (unpaired) electrons. The summed E-state index contributed by atoms with van der Waals surface area (Å²) in [4.78, 5) is 14.1. The Morgan fingerprint density at radius 2 is 2.05 bits per heavy atom. The van der Waals surface area contributed by atoms with E-state index in [0.717, 1.165) is 32.6 Å². The Kier molecular flexibility index (Phi) is 3.65. The lowest BCUT2D eigenvalue weighted by atomic mass is 9.96. The van der Waals surface area contributed by atoms with Gasteiger partial charge >= 0.3 is 0 Å². The molecule has 3 heteroatoms. The van der Waals surface area contributed by atoms with E-state index in [-0.39, 0.29) is 0 Å². The van der Waals surface area contributed by atoms with Crippen molar-refractivity contribution in [2.45, 2.75) is 12.8 Å². The molecular weight excluding hydrogens is 236 g/mol. The highest BCUT2D eigenvalue weighted by molar-refractivity contribution is 5.78. The average Bonchev–Trinajstić information content (AvgIpc) is 2.44. The van der Waals surface area contributed by atoms with Gasteiger partial charge in [0, 0.05) is 19.5 Å². The van der Waals surface area contributed by atoms with Crippen molar-refractivity contribution in [1.29, 1.82) is 0 Å². The second-order valence-electron chi connectivity index (χ2n) is 5.41. The molecule has 1 N–H and O–H groups in total. The van der Waals surface area contributed by atoms with E-state index in [4.69, 9.17) is 0 Å². The molecule has 1 aromatic rings. The van der Waals surface area contributed by atoms with E-state index in [1.54, 1.807) is 0 Å². The molecule has 2 aliphatic rings. The number of nitrogens with zero attached hydrogens (tertiary/aromatic N) is 1. The fourth-order valence-corrected chi connectivity index (χ4v) is 2.68. The Bertz CT molecular complexity index is 477. The van der Waals surface area contributed by atoms with Gasteiger partial charge in [-0.25, -0.2) is 0 Å². The number of amides is 1. The predicted octanol–water partition coefficient (Wildman–Crippen LogP) is 1.91. The summed E-state index contributed by atoms with van der Waals surface area (Å²) < 4.78 is 0. The summed E-state index contributed by atoms with van der Waals surface area (Å²) in [5.74, 6) is 0.877. The predicted molar refractivity (Wildman–Crippen MR) is 76.6 cm³/mol. The van der Waals surface area contributed by atoms with Gasteiger partial charge in [-0.15, -0.1) is 0 Å². The molecule has 1 aromatic carbocycles. The quantitative estimate of drug-likeness (QED) is 0.896. The maximum absolute atomic E-state index is 12.1. The molecule has 0 atom stereocenters. The molecule has 3 nitrogen and oxygen atoms in total. The van der Waals surface area contributed by atoms with Crippen molar-refractivity contribution in [1.82, 2.24) is 10.2 Å². The second kappa shape index (κ2) is 5.57. The lowest BCUT2D eigenvalue weighted by Crippen LogP contribution is -2.45. The van der Waals surface area contributed by atoms with Crippen LogP contribution < -0.4 is 5.32 Å². The van der Waals surface area contributed by atoms with Crippen molar-refractivity contribution in [2.24, 2.45) is 5.92 Å². The van der Waals surface area contributed by atoms with Gasteiger partial charge in [-0.05, 0) is 36.6 Å². The SMILES string of the molecule is O=C(CC1CNC1)N1CC=C(c2ccccc2)CC1. The first-order chi connectivity index (χ1) is 9.33. The summed E-state index contributed by atoms with van der Waals surface area (Å²) in [6.45, 7) is 3.64. The van der Waals surface area contributed by atoms with Crippen molar-refractivity contribution >= 4 is 11.5 Å². The van der Waals surface area contributed by atoms with Gasteiger partial charge in [0.05, 0.1) is 0 Å². The van der Waals surface area contributed by atoms with Gasteiger partial charge in [-0.3, -0.25) is 4.79 Å². The third-order valence-corrected chi connectivity index (χ3v) is 4.04. The van der Waals surface area contributed by atoms with Crippen LogP contribution in [0, 0.1) is 5.92 Å². The van der Waals surface area contributed by atoms with Gasteiger partial charge < -0.3 is 10.2 Å². The first-order valence-corrected chi connectivity index (χ1v) is 7.06. The molecule has 0 aromatic heterocycles. The van der Waals surface area contributed by atoms with Crippen LogP contribution in [0.1, 0.15) is 18.4 Å². The molecule has 0 unspecified atom stereocenters. The molecule has 1 amide bonds. The standard InChI is InChI=1S/C16H20N2O/c19-16(10-13-11-17-12-13)18-8-6-15(7-9-18)14-4-2-1-3-5-14/h1-6,13,17H,7-12H2. The normalized spacial score (nSPS) is 19.8. The summed E-state index contributed by atoms with van der Waals surface area (Å²) in [6, 6.07) is 10.5. The minimum absolute atomic E-state index is 0.315. The minimum atomic E-state index is 0.315. The molecule has 0 bridgehead atoms. The molecule has 2 heterocycles. The third kappa shape index (κ3) is 2.87. The molecule has 2 aliphatic heterocycles. The van der Waals surface area contributed by atoms with Crippen LogP contribution in [0.5, 0.6) is 0 Å². The zero-order valence-electron chi connectivity index (χ0n) is 11.1. The van der Waals surface area contributed by atoms with Crippen molar-refractivity contribution in [3.8, 4) is 0 Å². The molecule has 3 rings (SSSR count). The fraction of sp³-hybridized carbons (Fsp3) is 0.438. The van der Waals surface area contributed by atoms with Crippen molar-refractivity contribution in [2.75, 3.05) is 26.2 Å². The minimum Gasteiger partial charge on any atom is -0.339 e. The third-order valence-electron chi connectivity index (χ3n) is 4.04. The first kappa shape index (κ1) is 12.4. The first-order valence-electron chi connectivity index (χ1n) is 7.06. The molecule has 0 aliphatic carbocycles. The molecule has 1 fully saturated rings. The van der Waals surface area contributed by atoms with E-state index in [9.17, 15) is 4.79 Å². The maximum atomic E-state index is 12.1. The molecule has 100 valence electrons. The number of carbonyl (C=O) groups is 1. The highest BCUT2D eigenvalue weighted by Crippen LogP contribution is 2.23. The number of rotatable bonds is 3. The highest BCUT2D eigenvalue weighted by Gasteiger charge is 2.24. The van der Waals surface area contributed by atoms with Crippen molar-refractivity contribution in [3.63, 3.8) is 0 Å². The molecular formula is C16H20N2O. The van der Waals surface area contributed by atoms with E-state index >= 15 is 0 Å². The number of benzene rings is 1. The average molecular weight is 256 g/mol. The van der Waals surface area contributed by atoms with Gasteiger partial charge in [0.1, 0.15) is 0 Å². The van der Waals surface area contributed by atoms with E-state index in [1.165, 1.54) is 11.1 Å². The number of hydrogen-bond acceptors (Lipinski definition) is 2. The van der Waals surface area contributed by atoms with Gasteiger partial charge in [-0.1, -0.05) is 36.4 Å². The zero-order chi connectivity index (χ0) is 13.1. The second-order valence-corrected chi connectivity index (χ2v) is 5.41. The van der Waals surface area contributed by atoms with Crippen LogP contribution in [0.25, 0.3) is 5.57 Å². The lowest BCUT2D eigenvalue weighted by Gasteiger charge is -2.31. The van der Waals surface area contributed by atoms with E-state index in [1.807, 2.05) is 11.0 Å². The van der Waals surface area contributed by atoms with E-state index < -0.39 is 0 Å². The summed E-state index contributed by atoms with van der Waals surface area (Å²) in [5.41, 5.74) is 2.66. The summed E-state index contributed by atoms with van der Waals surface area (Å²) in [5, 5.41) is 3.22. The van der Waals surface area contributed by atoms with Gasteiger partial charge in [0.2, 0.25) is 5.91 Å². The Morgan fingerprint density at radius 1 is 1.26 bits per heavy atom. The highest BCUT2D eigenvalue weighted by atomic mass is 16.2. The van der Waals surface area contributed by atoms with E-state index in [0.29, 0.717) is 18.2 Å². The monoisotopic (exact) mass is 256 g/mol. The van der Waals surface area contributed by atoms with Gasteiger partial charge in [0.25, 0.3) is 0 Å². The van der Waals surface area contributed by atoms with Crippen molar-refractivity contribution < 1.29 is 4.79 Å². The summed E-state index contributed by atoms with van der Waals surface area (Å²) >= 11 is 0. The molecule has 0 spiro atoms. The fourth-order valence-electron chi connectivity index (χ4n) is 2.68. The largest absolute Gasteiger partial charge is 0.339 e. The van der Waals surface area contributed by atoms with Crippen LogP contribution >= 0.6 is 0 Å². The van der Waals surface area contributed by atoms with Gasteiger partial charge in [0.15, 0.2) is 0 Å². The molecule has 0 saturated carbocycles. The Balaban J connectivity index is 1.58. The number of carbonyl (C=O) groups excluding carboxylic acids is 1. The van der Waals surface area contributed by atoms with Crippen LogP contribution in [0.4, 0.5) is 0 Å². The van der Waals surface area contributed by atoms with Crippen LogP contribution in [0.15, 0.2) is 36.4 Å². The van der Waals surface area contributed by atoms with Crippen LogP contribution in [0.2, 0.25) is 0 Å². The van der Waals surface area contributed by atoms with Crippen molar-refractivity contribution in [3.05, 3.63) is 42.0 Å². The number of hydrogen-bond donors (Lipinski definition) is 1. The zero-order valence-corrected chi connectivity index (χ0v) is 11.1. The van der Waals surface area contributed by atoms with E-state index in [2.05, 4.69) is 35.7 Å². The van der Waals surface area contributed by atoms with Crippen LogP contribution in [-0.4, -0.2) is 37.0 Å². The van der Waals surface area contributed by atoms with Crippen LogP contribution in [0.3, 0.4) is 0 Å².